The van der Waals surface area contributed by atoms with E-state index in [2.05, 4.69) is 5.32 Å². The van der Waals surface area contributed by atoms with Crippen LogP contribution in [-0.2, 0) is 9.59 Å². The summed E-state index contributed by atoms with van der Waals surface area (Å²) in [6.45, 7) is 0.691. The zero-order chi connectivity index (χ0) is 17.1. The first-order valence-electron chi connectivity index (χ1n) is 8.85. The number of hydrogen-bond donors (Lipinski definition) is 1. The summed E-state index contributed by atoms with van der Waals surface area (Å²) in [5, 5.41) is 3.05. The van der Waals surface area contributed by atoms with Crippen molar-refractivity contribution in [3.05, 3.63) is 35.6 Å². The summed E-state index contributed by atoms with van der Waals surface area (Å²) in [4.78, 5) is 26.4. The first-order valence-corrected chi connectivity index (χ1v) is 8.85. The van der Waals surface area contributed by atoms with E-state index >= 15 is 0 Å². The average molecular weight is 332 g/mol. The fraction of sp³-hybridized carbons (Fsp3) is 0.579. The van der Waals surface area contributed by atoms with Gasteiger partial charge in [0.2, 0.25) is 11.8 Å². The van der Waals surface area contributed by atoms with Crippen LogP contribution in [0.5, 0.6) is 0 Å². The molecule has 2 unspecified atom stereocenters. The van der Waals surface area contributed by atoms with Crippen LogP contribution < -0.4 is 5.32 Å². The third-order valence-electron chi connectivity index (χ3n) is 5.46. The predicted molar refractivity (Wildman–Crippen MR) is 89.6 cm³/mol. The zero-order valence-corrected chi connectivity index (χ0v) is 14.1. The van der Waals surface area contributed by atoms with Crippen LogP contribution >= 0.6 is 0 Å². The number of amides is 2. The van der Waals surface area contributed by atoms with Crippen molar-refractivity contribution in [3.8, 4) is 0 Å². The van der Waals surface area contributed by atoms with Gasteiger partial charge < -0.3 is 10.2 Å². The van der Waals surface area contributed by atoms with Gasteiger partial charge in [-0.25, -0.2) is 4.39 Å². The molecular weight excluding hydrogens is 307 g/mol. The lowest BCUT2D eigenvalue weighted by atomic mass is 9.83. The van der Waals surface area contributed by atoms with E-state index in [1.807, 2.05) is 0 Å². The Morgan fingerprint density at radius 1 is 1.25 bits per heavy atom. The minimum atomic E-state index is -0.531. The van der Waals surface area contributed by atoms with Crippen LogP contribution in [0.1, 0.15) is 50.1 Å². The van der Waals surface area contributed by atoms with Gasteiger partial charge >= 0.3 is 0 Å². The first-order chi connectivity index (χ1) is 11.6. The third-order valence-corrected chi connectivity index (χ3v) is 5.46. The van der Waals surface area contributed by atoms with Crippen LogP contribution in [0, 0.1) is 17.7 Å². The van der Waals surface area contributed by atoms with Gasteiger partial charge in [0, 0.05) is 25.6 Å². The molecule has 0 aromatic heterocycles. The van der Waals surface area contributed by atoms with Crippen LogP contribution in [0.2, 0.25) is 0 Å². The van der Waals surface area contributed by atoms with Gasteiger partial charge in [-0.1, -0.05) is 31.0 Å². The summed E-state index contributed by atoms with van der Waals surface area (Å²) in [6, 6.07) is 5.90. The lowest BCUT2D eigenvalue weighted by Crippen LogP contribution is -2.47. The molecular formula is C19H25FN2O2. The number of nitrogens with one attached hydrogen (secondary N) is 1. The molecule has 3 rings (SSSR count). The lowest BCUT2D eigenvalue weighted by molar-refractivity contribution is -0.141. The standard InChI is InChI=1S/C19H25FN2O2/c1-22-17(23)11-10-15(18(22)14-8-4-5-9-16(14)20)19(24)21-12-13-6-2-3-7-13/h4-5,8-9,13,15,18H,2-3,6-7,10-12H2,1H3,(H,21,24). The maximum atomic E-state index is 14.3. The second kappa shape index (κ2) is 7.32. The van der Waals surface area contributed by atoms with Crippen molar-refractivity contribution in [2.45, 2.75) is 44.6 Å². The molecule has 0 bridgehead atoms. The monoisotopic (exact) mass is 332 g/mol. The third kappa shape index (κ3) is 3.45. The summed E-state index contributed by atoms with van der Waals surface area (Å²) in [5.41, 5.74) is 0.425. The fourth-order valence-corrected chi connectivity index (χ4v) is 4.04. The van der Waals surface area contributed by atoms with Gasteiger partial charge in [0.1, 0.15) is 5.82 Å². The molecule has 2 amide bonds. The number of carbonyl (C=O) groups excluding carboxylic acids is 2. The second-order valence-corrected chi connectivity index (χ2v) is 7.01. The van der Waals surface area contributed by atoms with Crippen molar-refractivity contribution in [2.75, 3.05) is 13.6 Å². The topological polar surface area (TPSA) is 49.4 Å². The minimum absolute atomic E-state index is 0.0388. The van der Waals surface area contributed by atoms with E-state index < -0.39 is 12.0 Å². The van der Waals surface area contributed by atoms with Gasteiger partial charge in [-0.3, -0.25) is 9.59 Å². The number of benzene rings is 1. The molecule has 1 saturated carbocycles. The molecule has 2 atom stereocenters. The molecule has 130 valence electrons. The second-order valence-electron chi connectivity index (χ2n) is 7.01. The maximum Gasteiger partial charge on any atom is 0.225 e. The molecule has 24 heavy (non-hydrogen) atoms. The van der Waals surface area contributed by atoms with Crippen molar-refractivity contribution < 1.29 is 14.0 Å². The lowest BCUT2D eigenvalue weighted by Gasteiger charge is -2.38. The summed E-state index contributed by atoms with van der Waals surface area (Å²) in [6.07, 6.45) is 5.61. The molecule has 1 aromatic carbocycles. The number of nitrogens with zero attached hydrogens (tertiary/aromatic N) is 1. The Bertz CT molecular complexity index is 613. The maximum absolute atomic E-state index is 14.3. The van der Waals surface area contributed by atoms with E-state index in [-0.39, 0.29) is 17.6 Å². The van der Waals surface area contributed by atoms with E-state index in [4.69, 9.17) is 0 Å². The van der Waals surface area contributed by atoms with Crippen LogP contribution in [0.15, 0.2) is 24.3 Å². The van der Waals surface area contributed by atoms with Crippen LogP contribution in [-0.4, -0.2) is 30.3 Å². The Morgan fingerprint density at radius 3 is 2.67 bits per heavy atom. The number of rotatable bonds is 4. The first kappa shape index (κ1) is 16.9. The number of halogens is 1. The van der Waals surface area contributed by atoms with Gasteiger partial charge in [0.05, 0.1) is 12.0 Å². The van der Waals surface area contributed by atoms with E-state index in [1.165, 1.54) is 36.6 Å². The average Bonchev–Trinajstić information content (AvgIpc) is 3.09. The molecule has 2 fully saturated rings. The number of piperidine rings is 1. The summed E-state index contributed by atoms with van der Waals surface area (Å²) in [7, 11) is 1.66. The van der Waals surface area contributed by atoms with Crippen LogP contribution in [0.4, 0.5) is 4.39 Å². The van der Waals surface area contributed by atoms with Gasteiger partial charge in [0.25, 0.3) is 0 Å². The molecule has 1 aromatic rings. The van der Waals surface area contributed by atoms with Crippen molar-refractivity contribution in [1.82, 2.24) is 10.2 Å². The van der Waals surface area contributed by atoms with Crippen molar-refractivity contribution in [1.29, 1.82) is 0 Å². The van der Waals surface area contributed by atoms with E-state index in [0.29, 0.717) is 30.9 Å². The highest BCUT2D eigenvalue weighted by Gasteiger charge is 2.40. The number of likely N-dealkylation sites (tertiary alicyclic amines) is 1. The van der Waals surface area contributed by atoms with Crippen molar-refractivity contribution >= 4 is 11.8 Å². The Kier molecular flexibility index (Phi) is 5.17. The number of hydrogen-bond acceptors (Lipinski definition) is 2. The minimum Gasteiger partial charge on any atom is -0.356 e. The van der Waals surface area contributed by atoms with Gasteiger partial charge in [-0.05, 0) is 31.2 Å². The van der Waals surface area contributed by atoms with Crippen molar-refractivity contribution in [2.24, 2.45) is 11.8 Å². The molecule has 0 spiro atoms. The van der Waals surface area contributed by atoms with E-state index in [0.717, 1.165) is 0 Å². The molecule has 4 nitrogen and oxygen atoms in total. The Labute approximate surface area is 142 Å². The summed E-state index contributed by atoms with van der Waals surface area (Å²) >= 11 is 0. The largest absolute Gasteiger partial charge is 0.356 e. The summed E-state index contributed by atoms with van der Waals surface area (Å²) in [5.74, 6) is -0.301. The Hall–Kier alpha value is -1.91. The fourth-order valence-electron chi connectivity index (χ4n) is 4.04. The van der Waals surface area contributed by atoms with Crippen LogP contribution in [0.25, 0.3) is 0 Å². The molecule has 1 aliphatic carbocycles. The molecule has 1 aliphatic heterocycles. The van der Waals surface area contributed by atoms with Gasteiger partial charge in [0.15, 0.2) is 0 Å². The molecule has 0 radical (unpaired) electrons. The van der Waals surface area contributed by atoms with E-state index in [9.17, 15) is 14.0 Å². The quantitative estimate of drug-likeness (QED) is 0.921. The highest BCUT2D eigenvalue weighted by Crippen LogP contribution is 2.37. The zero-order valence-electron chi connectivity index (χ0n) is 14.1. The smallest absolute Gasteiger partial charge is 0.225 e. The Balaban J connectivity index is 1.77. The highest BCUT2D eigenvalue weighted by atomic mass is 19.1. The SMILES string of the molecule is CN1C(=O)CCC(C(=O)NCC2CCCC2)C1c1ccccc1F. The predicted octanol–water partition coefficient (Wildman–Crippen LogP) is 3.04. The van der Waals surface area contributed by atoms with Crippen molar-refractivity contribution in [3.63, 3.8) is 0 Å². The Morgan fingerprint density at radius 2 is 1.96 bits per heavy atom. The molecule has 2 aliphatic rings. The molecule has 1 saturated heterocycles. The molecule has 1 N–H and O–H groups in total. The van der Waals surface area contributed by atoms with Crippen LogP contribution in [0.3, 0.4) is 0 Å². The molecule has 1 heterocycles. The van der Waals surface area contributed by atoms with Gasteiger partial charge in [-0.15, -0.1) is 0 Å². The van der Waals surface area contributed by atoms with Gasteiger partial charge in [-0.2, -0.15) is 0 Å². The number of carbonyl (C=O) groups is 2. The highest BCUT2D eigenvalue weighted by molar-refractivity contribution is 5.84. The normalized spacial score (nSPS) is 25.1. The van der Waals surface area contributed by atoms with E-state index in [1.54, 1.807) is 25.2 Å². The molecule has 5 heteroatoms. The summed E-state index contributed by atoms with van der Waals surface area (Å²) < 4.78 is 14.3.